The van der Waals surface area contributed by atoms with Gasteiger partial charge in [0.2, 0.25) is 0 Å². The fourth-order valence-electron chi connectivity index (χ4n) is 3.98. The van der Waals surface area contributed by atoms with Crippen LogP contribution in [0.25, 0.3) is 0 Å². The van der Waals surface area contributed by atoms with E-state index in [9.17, 15) is 10.2 Å². The first-order chi connectivity index (χ1) is 8.74. The topological polar surface area (TPSA) is 40.5 Å². The molecule has 0 saturated heterocycles. The zero-order valence-corrected chi connectivity index (χ0v) is 10.7. The SMILES string of the molecule is OC(CC1CC2CCC1C2)C(O)c1ccccc1. The van der Waals surface area contributed by atoms with Crippen LogP contribution in [0, 0.1) is 17.8 Å². The van der Waals surface area contributed by atoms with E-state index in [1.807, 2.05) is 30.3 Å². The van der Waals surface area contributed by atoms with Crippen LogP contribution in [0.15, 0.2) is 30.3 Å². The molecule has 0 radical (unpaired) electrons. The molecule has 2 bridgehead atoms. The minimum Gasteiger partial charge on any atom is -0.390 e. The molecule has 2 aliphatic rings. The van der Waals surface area contributed by atoms with E-state index in [0.29, 0.717) is 5.92 Å². The van der Waals surface area contributed by atoms with Gasteiger partial charge in [-0.2, -0.15) is 0 Å². The molecule has 3 rings (SSSR count). The minimum absolute atomic E-state index is 0.614. The zero-order valence-electron chi connectivity index (χ0n) is 10.7. The van der Waals surface area contributed by atoms with Gasteiger partial charge < -0.3 is 10.2 Å². The van der Waals surface area contributed by atoms with Crippen molar-refractivity contribution in [2.75, 3.05) is 0 Å². The Kier molecular flexibility index (Phi) is 3.40. The van der Waals surface area contributed by atoms with Gasteiger partial charge in [0.15, 0.2) is 0 Å². The predicted molar refractivity (Wildman–Crippen MR) is 71.0 cm³/mol. The molecule has 1 aromatic rings. The molecule has 5 atom stereocenters. The largest absolute Gasteiger partial charge is 0.390 e. The van der Waals surface area contributed by atoms with Gasteiger partial charge in [-0.15, -0.1) is 0 Å². The summed E-state index contributed by atoms with van der Waals surface area (Å²) in [5, 5.41) is 20.4. The third-order valence-corrected chi connectivity index (χ3v) is 4.93. The van der Waals surface area contributed by atoms with Gasteiger partial charge in [-0.1, -0.05) is 36.8 Å². The third kappa shape index (κ3) is 2.32. The summed E-state index contributed by atoms with van der Waals surface area (Å²) >= 11 is 0. The smallest absolute Gasteiger partial charge is 0.105 e. The highest BCUT2D eigenvalue weighted by Crippen LogP contribution is 2.50. The quantitative estimate of drug-likeness (QED) is 0.857. The summed E-state index contributed by atoms with van der Waals surface area (Å²) in [4.78, 5) is 0. The number of hydrogen-bond donors (Lipinski definition) is 2. The molecule has 0 heterocycles. The monoisotopic (exact) mass is 246 g/mol. The maximum absolute atomic E-state index is 10.2. The van der Waals surface area contributed by atoms with Gasteiger partial charge in [0, 0.05) is 0 Å². The second-order valence-corrected chi connectivity index (χ2v) is 6.09. The van der Waals surface area contributed by atoms with E-state index in [1.165, 1.54) is 25.7 Å². The number of rotatable bonds is 4. The van der Waals surface area contributed by atoms with Crippen LogP contribution in [0.3, 0.4) is 0 Å². The van der Waals surface area contributed by atoms with Crippen molar-refractivity contribution in [1.29, 1.82) is 0 Å². The summed E-state index contributed by atoms with van der Waals surface area (Å²) in [5.41, 5.74) is 0.827. The number of fused-ring (bicyclic) bond motifs is 2. The molecule has 0 aromatic heterocycles. The molecule has 2 heteroatoms. The molecule has 2 saturated carbocycles. The zero-order chi connectivity index (χ0) is 12.5. The average molecular weight is 246 g/mol. The van der Waals surface area contributed by atoms with Gasteiger partial charge in [-0.25, -0.2) is 0 Å². The highest BCUT2D eigenvalue weighted by Gasteiger charge is 2.40. The van der Waals surface area contributed by atoms with E-state index in [4.69, 9.17) is 0 Å². The van der Waals surface area contributed by atoms with Crippen LogP contribution in [0.5, 0.6) is 0 Å². The highest BCUT2D eigenvalue weighted by atomic mass is 16.3. The highest BCUT2D eigenvalue weighted by molar-refractivity contribution is 5.18. The lowest BCUT2D eigenvalue weighted by atomic mass is 9.83. The van der Waals surface area contributed by atoms with Gasteiger partial charge in [-0.3, -0.25) is 0 Å². The van der Waals surface area contributed by atoms with Gasteiger partial charge >= 0.3 is 0 Å². The van der Waals surface area contributed by atoms with Crippen LogP contribution < -0.4 is 0 Å². The molecule has 2 fully saturated rings. The van der Waals surface area contributed by atoms with Gasteiger partial charge in [-0.05, 0) is 49.0 Å². The molecule has 18 heavy (non-hydrogen) atoms. The van der Waals surface area contributed by atoms with Crippen LogP contribution in [0.1, 0.15) is 43.8 Å². The van der Waals surface area contributed by atoms with Crippen molar-refractivity contribution in [2.45, 2.75) is 44.3 Å². The molecule has 2 N–H and O–H groups in total. The minimum atomic E-state index is -0.731. The number of aliphatic hydroxyl groups is 2. The Morgan fingerprint density at radius 2 is 1.83 bits per heavy atom. The van der Waals surface area contributed by atoms with Crippen molar-refractivity contribution >= 4 is 0 Å². The standard InChI is InChI=1S/C16H22O2/c17-15(16(18)12-4-2-1-3-5-12)10-14-9-11-6-7-13(14)8-11/h1-5,11,13-18H,6-10H2. The van der Waals surface area contributed by atoms with Crippen LogP contribution >= 0.6 is 0 Å². The Bertz CT molecular complexity index is 389. The van der Waals surface area contributed by atoms with Gasteiger partial charge in [0.1, 0.15) is 6.10 Å². The summed E-state index contributed by atoms with van der Waals surface area (Å²) in [5.74, 6) is 2.35. The van der Waals surface area contributed by atoms with E-state index in [-0.39, 0.29) is 0 Å². The molecule has 5 unspecified atom stereocenters. The summed E-state index contributed by atoms with van der Waals surface area (Å²) < 4.78 is 0. The average Bonchev–Trinajstić information content (AvgIpc) is 3.01. The van der Waals surface area contributed by atoms with Crippen LogP contribution in [-0.2, 0) is 0 Å². The van der Waals surface area contributed by atoms with Gasteiger partial charge in [0.25, 0.3) is 0 Å². The summed E-state index contributed by atoms with van der Waals surface area (Å²) in [6.45, 7) is 0. The molecule has 1 aromatic carbocycles. The Morgan fingerprint density at radius 3 is 2.44 bits per heavy atom. The maximum Gasteiger partial charge on any atom is 0.105 e. The molecule has 2 aliphatic carbocycles. The molecule has 0 aliphatic heterocycles. The van der Waals surface area contributed by atoms with Crippen LogP contribution in [0.2, 0.25) is 0 Å². The number of aliphatic hydroxyl groups excluding tert-OH is 2. The Morgan fingerprint density at radius 1 is 1.06 bits per heavy atom. The lowest BCUT2D eigenvalue weighted by molar-refractivity contribution is -0.00148. The van der Waals surface area contributed by atoms with Crippen molar-refractivity contribution < 1.29 is 10.2 Å². The van der Waals surface area contributed by atoms with Crippen molar-refractivity contribution in [3.05, 3.63) is 35.9 Å². The van der Waals surface area contributed by atoms with E-state index in [2.05, 4.69) is 0 Å². The van der Waals surface area contributed by atoms with Gasteiger partial charge in [0.05, 0.1) is 6.10 Å². The molecular weight excluding hydrogens is 224 g/mol. The normalized spacial score (nSPS) is 33.6. The lowest BCUT2D eigenvalue weighted by Crippen LogP contribution is -2.24. The molecular formula is C16H22O2. The fraction of sp³-hybridized carbons (Fsp3) is 0.625. The molecule has 2 nitrogen and oxygen atoms in total. The molecule has 98 valence electrons. The first-order valence-electron chi connectivity index (χ1n) is 7.15. The predicted octanol–water partition coefficient (Wildman–Crippen LogP) is 2.91. The first kappa shape index (κ1) is 12.2. The van der Waals surface area contributed by atoms with E-state index in [0.717, 1.165) is 23.8 Å². The summed E-state index contributed by atoms with van der Waals surface area (Å²) in [7, 11) is 0. The summed E-state index contributed by atoms with van der Waals surface area (Å²) in [6, 6.07) is 9.51. The van der Waals surface area contributed by atoms with Crippen molar-refractivity contribution in [3.8, 4) is 0 Å². The Balaban J connectivity index is 1.60. The lowest BCUT2D eigenvalue weighted by Gasteiger charge is -2.26. The second kappa shape index (κ2) is 5.02. The van der Waals surface area contributed by atoms with E-state index >= 15 is 0 Å². The fourth-order valence-corrected chi connectivity index (χ4v) is 3.98. The van der Waals surface area contributed by atoms with E-state index in [1.54, 1.807) is 0 Å². The number of benzene rings is 1. The Hall–Kier alpha value is -0.860. The van der Waals surface area contributed by atoms with Crippen LogP contribution in [-0.4, -0.2) is 16.3 Å². The molecule has 0 spiro atoms. The van der Waals surface area contributed by atoms with Crippen LogP contribution in [0.4, 0.5) is 0 Å². The third-order valence-electron chi connectivity index (χ3n) is 4.93. The Labute approximate surface area is 109 Å². The van der Waals surface area contributed by atoms with E-state index < -0.39 is 12.2 Å². The first-order valence-corrected chi connectivity index (χ1v) is 7.15. The number of hydrogen-bond acceptors (Lipinski definition) is 2. The van der Waals surface area contributed by atoms with Crippen molar-refractivity contribution in [1.82, 2.24) is 0 Å². The second-order valence-electron chi connectivity index (χ2n) is 6.09. The van der Waals surface area contributed by atoms with Crippen molar-refractivity contribution in [2.24, 2.45) is 17.8 Å². The maximum atomic E-state index is 10.2. The summed E-state index contributed by atoms with van der Waals surface area (Å²) in [6.07, 6.45) is 4.77. The molecule has 0 amide bonds. The van der Waals surface area contributed by atoms with Crippen molar-refractivity contribution in [3.63, 3.8) is 0 Å².